The molecular formula is C39H41N2O10Si. The van der Waals surface area contributed by atoms with Crippen LogP contribution >= 0.6 is 0 Å². The maximum absolute atomic E-state index is 13.8. The van der Waals surface area contributed by atoms with Crippen LogP contribution in [0, 0.1) is 22.0 Å². The number of hydrogen-bond donors (Lipinski definition) is 0. The zero-order chi connectivity index (χ0) is 37.3. The van der Waals surface area contributed by atoms with E-state index in [9.17, 15) is 24.5 Å². The van der Waals surface area contributed by atoms with Crippen LogP contribution in [0.1, 0.15) is 45.7 Å². The molecule has 12 nitrogen and oxygen atoms in total. The Morgan fingerprint density at radius 1 is 0.981 bits per heavy atom. The number of amides is 1. The van der Waals surface area contributed by atoms with Gasteiger partial charge in [-0.15, -0.1) is 0 Å². The number of nitrogens with zero attached hydrogens (tertiary/aromatic N) is 2. The Labute approximate surface area is 302 Å². The standard InChI is InChI=1S/C39H41N2O10Si/c1-23-30(22-48-31-10-8-7-9-27(31)21-47-29-17-13-26-14-18-33(42)50-32(26)19-29)36(38(44)49-20-25-11-15-28(16-12-25)41(45)46)40-35(23)34(37(40)43)24(2)51-52(6)39(3,4)5/h7-19,23-24,34-35H,20-22H2,1-6H3/t23-,24+,34+,35+/m0/s1. The molecule has 4 atom stereocenters. The van der Waals surface area contributed by atoms with Gasteiger partial charge in [0.2, 0.25) is 14.9 Å². The molecule has 3 aromatic carbocycles. The lowest BCUT2D eigenvalue weighted by Crippen LogP contribution is -2.64. The van der Waals surface area contributed by atoms with Crippen molar-refractivity contribution >= 4 is 37.6 Å². The van der Waals surface area contributed by atoms with E-state index < -0.39 is 31.5 Å². The van der Waals surface area contributed by atoms with Gasteiger partial charge in [-0.05, 0) is 60.5 Å². The number of nitro benzene ring substituents is 1. The van der Waals surface area contributed by atoms with Crippen molar-refractivity contribution in [1.29, 1.82) is 0 Å². The highest BCUT2D eigenvalue weighted by Gasteiger charge is 2.60. The third-order valence-electron chi connectivity index (χ3n) is 9.78. The average molecular weight is 726 g/mol. The first-order chi connectivity index (χ1) is 24.7. The fourth-order valence-electron chi connectivity index (χ4n) is 6.48. The summed E-state index contributed by atoms with van der Waals surface area (Å²) in [6.07, 6.45) is -0.354. The molecule has 4 aromatic rings. The Kier molecular flexibility index (Phi) is 10.4. The Morgan fingerprint density at radius 3 is 2.40 bits per heavy atom. The summed E-state index contributed by atoms with van der Waals surface area (Å²) in [5.41, 5.74) is 1.97. The van der Waals surface area contributed by atoms with Gasteiger partial charge in [0.05, 0.1) is 23.0 Å². The van der Waals surface area contributed by atoms with Crippen molar-refractivity contribution < 1.29 is 37.6 Å². The number of hydrogen-bond acceptors (Lipinski definition) is 10. The molecule has 6 rings (SSSR count). The van der Waals surface area contributed by atoms with Gasteiger partial charge in [0.1, 0.15) is 42.6 Å². The molecule has 13 heteroatoms. The predicted molar refractivity (Wildman–Crippen MR) is 194 cm³/mol. The summed E-state index contributed by atoms with van der Waals surface area (Å²) in [7, 11) is -1.25. The highest BCUT2D eigenvalue weighted by Crippen LogP contribution is 2.48. The second-order valence-corrected chi connectivity index (χ2v) is 17.0. The molecule has 0 bridgehead atoms. The van der Waals surface area contributed by atoms with Gasteiger partial charge in [0.25, 0.3) is 5.69 Å². The molecule has 1 fully saturated rings. The lowest BCUT2D eigenvalue weighted by atomic mass is 9.78. The smallest absolute Gasteiger partial charge is 0.355 e. The first-order valence-electron chi connectivity index (χ1n) is 17.1. The van der Waals surface area contributed by atoms with Crippen LogP contribution in [-0.4, -0.2) is 49.5 Å². The number of β-lactam (4-membered cyclic amide) rings is 1. The van der Waals surface area contributed by atoms with Gasteiger partial charge in [0.15, 0.2) is 0 Å². The fraction of sp³-hybridized carbons (Fsp3) is 0.359. The van der Waals surface area contributed by atoms with Crippen molar-refractivity contribution in [3.05, 3.63) is 122 Å². The molecule has 3 heterocycles. The lowest BCUT2D eigenvalue weighted by Gasteiger charge is -2.48. The van der Waals surface area contributed by atoms with E-state index >= 15 is 0 Å². The number of non-ortho nitro benzene ring substituents is 1. The van der Waals surface area contributed by atoms with Crippen LogP contribution < -0.4 is 15.1 Å². The van der Waals surface area contributed by atoms with Crippen molar-refractivity contribution in [1.82, 2.24) is 4.90 Å². The molecule has 0 N–H and O–H groups in total. The molecule has 52 heavy (non-hydrogen) atoms. The Balaban J connectivity index is 1.22. The lowest BCUT2D eigenvalue weighted by molar-refractivity contribution is -0.384. The molecule has 0 saturated carbocycles. The number of nitro groups is 1. The van der Waals surface area contributed by atoms with Crippen LogP contribution in [0.25, 0.3) is 11.0 Å². The van der Waals surface area contributed by atoms with Gasteiger partial charge in [-0.3, -0.25) is 14.9 Å². The van der Waals surface area contributed by atoms with E-state index in [-0.39, 0.29) is 60.2 Å². The molecule has 1 saturated heterocycles. The van der Waals surface area contributed by atoms with E-state index in [0.717, 1.165) is 10.9 Å². The molecule has 0 spiro atoms. The van der Waals surface area contributed by atoms with Gasteiger partial charge in [-0.25, -0.2) is 9.59 Å². The number of carbonyl (C=O) groups is 2. The van der Waals surface area contributed by atoms with Gasteiger partial charge >= 0.3 is 11.6 Å². The van der Waals surface area contributed by atoms with E-state index in [1.165, 1.54) is 35.2 Å². The maximum Gasteiger partial charge on any atom is 0.355 e. The van der Waals surface area contributed by atoms with Gasteiger partial charge in [0, 0.05) is 46.7 Å². The monoisotopic (exact) mass is 725 g/mol. The van der Waals surface area contributed by atoms with Crippen molar-refractivity contribution in [2.45, 2.75) is 71.6 Å². The summed E-state index contributed by atoms with van der Waals surface area (Å²) in [4.78, 5) is 51.4. The van der Waals surface area contributed by atoms with Gasteiger partial charge < -0.3 is 28.0 Å². The molecule has 2 aliphatic heterocycles. The Bertz CT molecular complexity index is 2090. The van der Waals surface area contributed by atoms with E-state index in [2.05, 4.69) is 27.3 Å². The minimum atomic E-state index is -1.25. The van der Waals surface area contributed by atoms with E-state index in [1.54, 1.807) is 24.3 Å². The molecule has 1 amide bonds. The number of ether oxygens (including phenoxy) is 3. The zero-order valence-electron chi connectivity index (χ0n) is 29.9. The minimum absolute atomic E-state index is 0.00826. The Morgan fingerprint density at radius 2 is 1.69 bits per heavy atom. The summed E-state index contributed by atoms with van der Waals surface area (Å²) in [6.45, 7) is 12.4. The van der Waals surface area contributed by atoms with Crippen LogP contribution in [0.2, 0.25) is 11.6 Å². The predicted octanol–water partition coefficient (Wildman–Crippen LogP) is 6.96. The molecule has 1 radical (unpaired) electrons. The number of para-hydroxylation sites is 1. The normalized spacial score (nSPS) is 19.0. The van der Waals surface area contributed by atoms with E-state index in [4.69, 9.17) is 23.1 Å². The quantitative estimate of drug-likeness (QED) is 0.0354. The number of rotatable bonds is 13. The van der Waals surface area contributed by atoms with E-state index in [0.29, 0.717) is 28.2 Å². The van der Waals surface area contributed by atoms with Crippen LogP contribution in [-0.2, 0) is 32.0 Å². The fourth-order valence-corrected chi connectivity index (χ4v) is 7.54. The van der Waals surface area contributed by atoms with Gasteiger partial charge in [-0.2, -0.15) is 0 Å². The molecule has 271 valence electrons. The summed E-state index contributed by atoms with van der Waals surface area (Å²) in [6, 6.07) is 21.1. The number of fused-ring (bicyclic) bond motifs is 2. The van der Waals surface area contributed by atoms with Crippen molar-refractivity contribution in [2.24, 2.45) is 11.8 Å². The first kappa shape index (κ1) is 36.5. The Hall–Kier alpha value is -5.27. The number of benzene rings is 3. The zero-order valence-corrected chi connectivity index (χ0v) is 30.9. The third kappa shape index (κ3) is 7.51. The van der Waals surface area contributed by atoms with Crippen molar-refractivity contribution in [3.8, 4) is 11.5 Å². The van der Waals surface area contributed by atoms with E-state index in [1.807, 2.05) is 38.1 Å². The largest absolute Gasteiger partial charge is 0.489 e. The summed E-state index contributed by atoms with van der Waals surface area (Å²) in [5, 5.41) is 11.8. The molecule has 1 aromatic heterocycles. The SMILES string of the molecule is C[C@@H](O[Si](C)C(C)(C)C)[C@H]1C(=O)N2C(C(=O)OCc3ccc([N+](=O)[O-])cc3)=C(COc3ccccc3COc3ccc4ccc(=O)oc4c3)[C@H](C)[C@H]12. The molecule has 0 unspecified atom stereocenters. The summed E-state index contributed by atoms with van der Waals surface area (Å²) < 4.78 is 29.9. The van der Waals surface area contributed by atoms with Crippen molar-refractivity contribution in [2.75, 3.05) is 6.61 Å². The molecule has 2 aliphatic rings. The van der Waals surface area contributed by atoms with Crippen LogP contribution in [0.5, 0.6) is 11.5 Å². The van der Waals surface area contributed by atoms with Crippen LogP contribution in [0.3, 0.4) is 0 Å². The second kappa shape index (κ2) is 14.8. The van der Waals surface area contributed by atoms with Crippen molar-refractivity contribution in [3.63, 3.8) is 0 Å². The highest BCUT2D eigenvalue weighted by molar-refractivity contribution is 6.53. The maximum atomic E-state index is 13.8. The third-order valence-corrected chi connectivity index (χ3v) is 12.6. The summed E-state index contributed by atoms with van der Waals surface area (Å²) in [5.74, 6) is -0.528. The number of esters is 1. The second-order valence-electron chi connectivity index (χ2n) is 14.2. The minimum Gasteiger partial charge on any atom is -0.489 e. The first-order valence-corrected chi connectivity index (χ1v) is 19.0. The molecule has 0 aliphatic carbocycles. The van der Waals surface area contributed by atoms with Crippen LogP contribution in [0.4, 0.5) is 5.69 Å². The van der Waals surface area contributed by atoms with Crippen LogP contribution in [0.15, 0.2) is 99.3 Å². The topological polar surface area (TPSA) is 148 Å². The molecular weight excluding hydrogens is 685 g/mol. The van der Waals surface area contributed by atoms with Gasteiger partial charge in [-0.1, -0.05) is 45.9 Å². The number of carbonyl (C=O) groups excluding carboxylic acids is 2. The summed E-state index contributed by atoms with van der Waals surface area (Å²) >= 11 is 0. The average Bonchev–Trinajstić information content (AvgIpc) is 3.35. The highest BCUT2D eigenvalue weighted by atomic mass is 28.3.